The van der Waals surface area contributed by atoms with Crippen LogP contribution in [-0.4, -0.2) is 32.9 Å². The molecule has 0 aliphatic carbocycles. The maximum absolute atomic E-state index is 12.6. The fraction of sp³-hybridized carbons (Fsp3) is 0.133. The summed E-state index contributed by atoms with van der Waals surface area (Å²) in [6, 6.07) is 8.02. The molecule has 2 aromatic rings. The van der Waals surface area contributed by atoms with E-state index in [1.807, 2.05) is 4.98 Å². The van der Waals surface area contributed by atoms with Crippen molar-refractivity contribution >= 4 is 30.2 Å². The van der Waals surface area contributed by atoms with Crippen LogP contribution in [0.4, 0.5) is 0 Å². The number of carbonyl (C=O) groups is 2. The van der Waals surface area contributed by atoms with E-state index in [-0.39, 0.29) is 16.9 Å². The van der Waals surface area contributed by atoms with Crippen molar-refractivity contribution in [3.8, 4) is 0 Å². The van der Waals surface area contributed by atoms with Gasteiger partial charge in [0.1, 0.15) is 5.57 Å². The molecule has 24 heavy (non-hydrogen) atoms. The molecule has 8 nitrogen and oxygen atoms in total. The Labute approximate surface area is 140 Å². The second-order valence-electron chi connectivity index (χ2n) is 4.52. The number of ether oxygens (including phenoxy) is 1. The lowest BCUT2D eigenvalue weighted by Crippen LogP contribution is -2.31. The first-order valence-electron chi connectivity index (χ1n) is 6.88. The number of nitrogens with zero attached hydrogens (tertiary/aromatic N) is 1. The molecule has 0 atom stereocenters. The van der Waals surface area contributed by atoms with Crippen molar-refractivity contribution in [2.45, 2.75) is 6.92 Å². The zero-order valence-electron chi connectivity index (χ0n) is 12.6. The van der Waals surface area contributed by atoms with E-state index >= 15 is 0 Å². The van der Waals surface area contributed by atoms with Gasteiger partial charge in [-0.25, -0.2) is 19.0 Å². The summed E-state index contributed by atoms with van der Waals surface area (Å²) >= 11 is 4.88. The number of hydrogen-bond acceptors (Lipinski definition) is 6. The molecule has 9 heteroatoms. The Morgan fingerprint density at radius 1 is 1.21 bits per heavy atom. The van der Waals surface area contributed by atoms with Crippen molar-refractivity contribution in [1.82, 2.24) is 14.5 Å². The SMILES string of the molecule is CCOC(=O)/C(=C\n1c(=O)[nH]c(=O)[nH]c1=S)C(=O)c1ccccc1. The van der Waals surface area contributed by atoms with Gasteiger partial charge >= 0.3 is 17.3 Å². The van der Waals surface area contributed by atoms with E-state index in [1.165, 1.54) is 12.1 Å². The number of hydrogen-bond donors (Lipinski definition) is 2. The van der Waals surface area contributed by atoms with Crippen LogP contribution in [0.1, 0.15) is 17.3 Å². The van der Waals surface area contributed by atoms with Gasteiger partial charge in [-0.1, -0.05) is 30.3 Å². The fourth-order valence-corrected chi connectivity index (χ4v) is 2.07. The largest absolute Gasteiger partial charge is 0.462 e. The van der Waals surface area contributed by atoms with Crippen LogP contribution in [0.15, 0.2) is 45.5 Å². The molecule has 0 unspecified atom stereocenters. The molecule has 2 rings (SSSR count). The summed E-state index contributed by atoms with van der Waals surface area (Å²) < 4.78 is 5.39. The Morgan fingerprint density at radius 3 is 2.46 bits per heavy atom. The first-order valence-corrected chi connectivity index (χ1v) is 7.28. The van der Waals surface area contributed by atoms with Crippen molar-refractivity contribution in [1.29, 1.82) is 0 Å². The van der Waals surface area contributed by atoms with Crippen LogP contribution in [0.25, 0.3) is 6.20 Å². The number of rotatable bonds is 5. The average Bonchev–Trinajstić information content (AvgIpc) is 2.54. The minimum atomic E-state index is -0.904. The summed E-state index contributed by atoms with van der Waals surface area (Å²) in [7, 11) is 0. The molecule has 0 bridgehead atoms. The molecule has 0 fully saturated rings. The third kappa shape index (κ3) is 3.82. The summed E-state index contributed by atoms with van der Waals surface area (Å²) in [5, 5.41) is 0. The Hall–Kier alpha value is -3.07. The third-order valence-electron chi connectivity index (χ3n) is 2.91. The highest BCUT2D eigenvalue weighted by Crippen LogP contribution is 2.11. The van der Waals surface area contributed by atoms with Crippen LogP contribution < -0.4 is 11.4 Å². The van der Waals surface area contributed by atoms with Gasteiger partial charge in [0.15, 0.2) is 4.77 Å². The molecule has 0 saturated heterocycles. The molecule has 0 radical (unpaired) electrons. The van der Waals surface area contributed by atoms with Crippen LogP contribution >= 0.6 is 12.2 Å². The standard InChI is InChI=1S/C15H13N3O5S/c1-2-23-12(20)10(11(19)9-6-4-3-5-7-9)8-18-14(22)16-13(21)17-15(18)24/h3-8H,2H2,1H3,(H2,16,17,21,22,24)/b10-8-. The zero-order valence-corrected chi connectivity index (χ0v) is 13.4. The highest BCUT2D eigenvalue weighted by molar-refractivity contribution is 7.71. The highest BCUT2D eigenvalue weighted by atomic mass is 32.1. The molecule has 0 amide bonds. The zero-order chi connectivity index (χ0) is 17.7. The van der Waals surface area contributed by atoms with Gasteiger partial charge < -0.3 is 4.74 Å². The molecular formula is C15H13N3O5S. The number of benzene rings is 1. The first-order chi connectivity index (χ1) is 11.4. The molecule has 1 aromatic heterocycles. The van der Waals surface area contributed by atoms with E-state index in [0.717, 1.165) is 10.8 Å². The first kappa shape index (κ1) is 17.3. The molecule has 0 aliphatic rings. The molecule has 1 heterocycles. The number of aromatic amines is 2. The van der Waals surface area contributed by atoms with E-state index in [1.54, 1.807) is 25.1 Å². The average molecular weight is 347 g/mol. The summed E-state index contributed by atoms with van der Waals surface area (Å²) in [4.78, 5) is 51.8. The third-order valence-corrected chi connectivity index (χ3v) is 3.21. The number of Topliss-reactive ketones (excluding diaryl/α,β-unsaturated/α-hetero) is 1. The van der Waals surface area contributed by atoms with E-state index < -0.39 is 28.7 Å². The molecule has 124 valence electrons. The number of H-pyrrole nitrogens is 2. The lowest BCUT2D eigenvalue weighted by atomic mass is 10.0. The summed E-state index contributed by atoms with van der Waals surface area (Å²) in [5.41, 5.74) is -1.82. The smallest absolute Gasteiger partial charge is 0.343 e. The van der Waals surface area contributed by atoms with Crippen molar-refractivity contribution in [3.63, 3.8) is 0 Å². The van der Waals surface area contributed by atoms with Gasteiger partial charge in [-0.3, -0.25) is 14.8 Å². The van der Waals surface area contributed by atoms with E-state index in [0.29, 0.717) is 0 Å². The molecule has 0 saturated carbocycles. The fourth-order valence-electron chi connectivity index (χ4n) is 1.84. The van der Waals surface area contributed by atoms with Crippen LogP contribution in [0.5, 0.6) is 0 Å². The lowest BCUT2D eigenvalue weighted by Gasteiger charge is -2.07. The van der Waals surface area contributed by atoms with Gasteiger partial charge in [0.05, 0.1) is 6.61 Å². The Balaban J connectivity index is 2.62. The molecule has 1 aromatic carbocycles. The van der Waals surface area contributed by atoms with Gasteiger partial charge in [-0.2, -0.15) is 0 Å². The Kier molecular flexibility index (Phi) is 5.38. The van der Waals surface area contributed by atoms with Gasteiger partial charge in [0.25, 0.3) is 0 Å². The lowest BCUT2D eigenvalue weighted by molar-refractivity contribution is -0.137. The molecule has 0 spiro atoms. The molecule has 0 aliphatic heterocycles. The van der Waals surface area contributed by atoms with Gasteiger partial charge in [-0.15, -0.1) is 0 Å². The number of esters is 1. The maximum atomic E-state index is 12.6. The second kappa shape index (κ2) is 7.47. The van der Waals surface area contributed by atoms with Crippen LogP contribution in [-0.2, 0) is 9.53 Å². The quantitative estimate of drug-likeness (QED) is 0.207. The Morgan fingerprint density at radius 2 is 1.88 bits per heavy atom. The Bertz CT molecular complexity index is 935. The molecular weight excluding hydrogens is 334 g/mol. The van der Waals surface area contributed by atoms with Crippen LogP contribution in [0, 0.1) is 4.77 Å². The van der Waals surface area contributed by atoms with Crippen LogP contribution in [0.2, 0.25) is 0 Å². The maximum Gasteiger partial charge on any atom is 0.343 e. The summed E-state index contributed by atoms with van der Waals surface area (Å²) in [5.74, 6) is -1.54. The summed E-state index contributed by atoms with van der Waals surface area (Å²) in [6.07, 6.45) is 0.949. The van der Waals surface area contributed by atoms with E-state index in [2.05, 4.69) is 4.98 Å². The molecule has 2 N–H and O–H groups in total. The van der Waals surface area contributed by atoms with Crippen molar-refractivity contribution in [3.05, 3.63) is 67.2 Å². The number of carbonyl (C=O) groups excluding carboxylic acids is 2. The second-order valence-corrected chi connectivity index (χ2v) is 4.90. The van der Waals surface area contributed by atoms with Crippen molar-refractivity contribution in [2.75, 3.05) is 6.61 Å². The number of nitrogens with one attached hydrogen (secondary N) is 2. The minimum Gasteiger partial charge on any atom is -0.462 e. The van der Waals surface area contributed by atoms with Gasteiger partial charge in [-0.05, 0) is 19.1 Å². The van der Waals surface area contributed by atoms with Gasteiger partial charge in [0.2, 0.25) is 5.78 Å². The number of aromatic nitrogens is 3. The normalized spacial score (nSPS) is 11.1. The summed E-state index contributed by atoms with van der Waals surface area (Å²) in [6.45, 7) is 1.63. The number of ketones is 1. The van der Waals surface area contributed by atoms with E-state index in [4.69, 9.17) is 17.0 Å². The van der Waals surface area contributed by atoms with Crippen molar-refractivity contribution in [2.24, 2.45) is 0 Å². The topological polar surface area (TPSA) is 114 Å². The van der Waals surface area contributed by atoms with Crippen molar-refractivity contribution < 1.29 is 14.3 Å². The highest BCUT2D eigenvalue weighted by Gasteiger charge is 2.22. The predicted molar refractivity (Wildman–Crippen MR) is 88.2 cm³/mol. The van der Waals surface area contributed by atoms with Gasteiger partial charge in [0, 0.05) is 11.8 Å². The van der Waals surface area contributed by atoms with E-state index in [9.17, 15) is 19.2 Å². The monoisotopic (exact) mass is 347 g/mol. The minimum absolute atomic E-state index is 0.0472. The predicted octanol–water partition coefficient (Wildman–Crippen LogP) is 0.881. The van der Waals surface area contributed by atoms with Crippen LogP contribution in [0.3, 0.4) is 0 Å².